The van der Waals surface area contributed by atoms with Crippen molar-refractivity contribution in [1.82, 2.24) is 0 Å². The highest BCUT2D eigenvalue weighted by Crippen LogP contribution is 2.30. The fourth-order valence-electron chi connectivity index (χ4n) is 3.45. The molecule has 0 N–H and O–H groups in total. The van der Waals surface area contributed by atoms with Gasteiger partial charge in [-0.05, 0) is 48.1 Å². The number of esters is 1. The lowest BCUT2D eigenvalue weighted by Crippen LogP contribution is -2.15. The number of hydrogen-bond acceptors (Lipinski definition) is 2. The molecule has 2 unspecified atom stereocenters. The van der Waals surface area contributed by atoms with Gasteiger partial charge in [0, 0.05) is 0 Å². The summed E-state index contributed by atoms with van der Waals surface area (Å²) in [4.78, 5) is 12.4. The topological polar surface area (TPSA) is 26.3 Å². The Morgan fingerprint density at radius 2 is 1.21 bits per heavy atom. The van der Waals surface area contributed by atoms with Crippen molar-refractivity contribution in [1.29, 1.82) is 0 Å². The summed E-state index contributed by atoms with van der Waals surface area (Å²) in [5.74, 6) is -10.9. The Kier molecular flexibility index (Phi) is 7.51. The van der Waals surface area contributed by atoms with Crippen LogP contribution in [-0.4, -0.2) is 5.97 Å². The molecule has 0 bridgehead atoms. The first-order chi connectivity index (χ1) is 15.6. The number of ether oxygens (including phenoxy) is 1. The fourth-order valence-corrected chi connectivity index (χ4v) is 3.45. The Labute approximate surface area is 189 Å². The lowest BCUT2D eigenvalue weighted by molar-refractivity contribution is 0.0320. The number of carbonyl (C=O) groups is 1. The zero-order chi connectivity index (χ0) is 24.3. The Bertz CT molecular complexity index is 1110. The van der Waals surface area contributed by atoms with Crippen molar-refractivity contribution in [3.8, 4) is 11.1 Å². The van der Waals surface area contributed by atoms with Gasteiger partial charge in [-0.2, -0.15) is 0 Å². The minimum absolute atomic E-state index is 0.0721. The van der Waals surface area contributed by atoms with Gasteiger partial charge in [-0.1, -0.05) is 56.7 Å². The van der Waals surface area contributed by atoms with Crippen molar-refractivity contribution < 1.29 is 31.5 Å². The van der Waals surface area contributed by atoms with Gasteiger partial charge in [0.1, 0.15) is 6.10 Å². The molecule has 7 heteroatoms. The Morgan fingerprint density at radius 1 is 0.758 bits per heavy atom. The highest BCUT2D eigenvalue weighted by molar-refractivity contribution is 5.90. The summed E-state index contributed by atoms with van der Waals surface area (Å²) >= 11 is 0. The molecule has 0 heterocycles. The maximum atomic E-state index is 14.0. The fraction of sp³-hybridized carbons (Fsp3) is 0.269. The molecule has 0 aliphatic rings. The average Bonchev–Trinajstić information content (AvgIpc) is 2.82. The lowest BCUT2D eigenvalue weighted by Gasteiger charge is -2.16. The number of benzene rings is 3. The Hall–Kier alpha value is -3.22. The van der Waals surface area contributed by atoms with Gasteiger partial charge >= 0.3 is 5.97 Å². The van der Waals surface area contributed by atoms with E-state index in [9.17, 15) is 26.7 Å². The summed E-state index contributed by atoms with van der Waals surface area (Å²) in [7, 11) is 0. The first-order valence-corrected chi connectivity index (χ1v) is 10.6. The lowest BCUT2D eigenvalue weighted by atomic mass is 9.96. The van der Waals surface area contributed by atoms with E-state index in [2.05, 4.69) is 26.0 Å². The summed E-state index contributed by atoms with van der Waals surface area (Å²) in [6.45, 7) is 5.37. The van der Waals surface area contributed by atoms with Gasteiger partial charge in [-0.3, -0.25) is 0 Å². The standard InChI is InChI=1S/C26H23F5O2/c1-4-14(2)13-16-5-7-17(8-6-16)18-9-11-19(12-10-18)26(32)33-15(3)20-21(27)23(29)25(31)24(30)22(20)28/h5-12,14-15H,4,13H2,1-3H3. The summed E-state index contributed by atoms with van der Waals surface area (Å²) < 4.78 is 73.0. The van der Waals surface area contributed by atoms with Crippen LogP contribution in [0, 0.1) is 35.0 Å². The minimum atomic E-state index is -2.27. The molecule has 0 saturated heterocycles. The van der Waals surface area contributed by atoms with E-state index in [1.807, 2.05) is 12.1 Å². The third-order valence-corrected chi connectivity index (χ3v) is 5.62. The van der Waals surface area contributed by atoms with Gasteiger partial charge in [0.2, 0.25) is 5.82 Å². The van der Waals surface area contributed by atoms with E-state index in [4.69, 9.17) is 4.74 Å². The van der Waals surface area contributed by atoms with Crippen molar-refractivity contribution >= 4 is 5.97 Å². The smallest absolute Gasteiger partial charge is 0.338 e. The van der Waals surface area contributed by atoms with Gasteiger partial charge in [0.15, 0.2) is 23.3 Å². The molecule has 0 fully saturated rings. The Balaban J connectivity index is 1.74. The zero-order valence-electron chi connectivity index (χ0n) is 18.4. The van der Waals surface area contributed by atoms with Crippen LogP contribution < -0.4 is 0 Å². The van der Waals surface area contributed by atoms with E-state index in [0.29, 0.717) is 5.92 Å². The molecule has 2 atom stereocenters. The molecular formula is C26H23F5O2. The molecule has 3 rings (SSSR count). The molecule has 0 radical (unpaired) electrons. The second kappa shape index (κ2) is 10.1. The van der Waals surface area contributed by atoms with Gasteiger partial charge in [-0.25, -0.2) is 26.7 Å². The van der Waals surface area contributed by atoms with Crippen molar-refractivity contribution in [3.63, 3.8) is 0 Å². The first-order valence-electron chi connectivity index (χ1n) is 10.6. The zero-order valence-corrected chi connectivity index (χ0v) is 18.4. The first kappa shape index (κ1) is 24.4. The van der Waals surface area contributed by atoms with Crippen molar-refractivity contribution in [2.75, 3.05) is 0 Å². The molecule has 3 aromatic rings. The van der Waals surface area contributed by atoms with Crippen LogP contribution in [0.3, 0.4) is 0 Å². The van der Waals surface area contributed by atoms with Crippen LogP contribution in [0.2, 0.25) is 0 Å². The summed E-state index contributed by atoms with van der Waals surface area (Å²) in [6, 6.07) is 14.4. The predicted molar refractivity (Wildman–Crippen MR) is 115 cm³/mol. The minimum Gasteiger partial charge on any atom is -0.454 e. The van der Waals surface area contributed by atoms with Crippen LogP contribution in [0.4, 0.5) is 22.0 Å². The molecule has 0 aliphatic carbocycles. The molecule has 0 aliphatic heterocycles. The van der Waals surface area contributed by atoms with Crippen molar-refractivity contribution in [2.45, 2.75) is 39.7 Å². The van der Waals surface area contributed by atoms with Crippen LogP contribution in [-0.2, 0) is 11.2 Å². The molecule has 0 spiro atoms. The van der Waals surface area contributed by atoms with E-state index in [1.54, 1.807) is 12.1 Å². The quantitative estimate of drug-likeness (QED) is 0.157. The van der Waals surface area contributed by atoms with Gasteiger partial charge in [0.05, 0.1) is 11.1 Å². The predicted octanol–water partition coefficient (Wildman–Crippen LogP) is 7.56. The second-order valence-corrected chi connectivity index (χ2v) is 8.02. The largest absolute Gasteiger partial charge is 0.454 e. The molecule has 0 amide bonds. The SMILES string of the molecule is CCC(C)Cc1ccc(-c2ccc(C(=O)OC(C)c3c(F)c(F)c(F)c(F)c3F)cc2)cc1. The van der Waals surface area contributed by atoms with E-state index < -0.39 is 46.7 Å². The number of rotatable bonds is 7. The van der Waals surface area contributed by atoms with Crippen molar-refractivity contribution in [2.24, 2.45) is 5.92 Å². The van der Waals surface area contributed by atoms with Gasteiger partial charge < -0.3 is 4.74 Å². The van der Waals surface area contributed by atoms with E-state index in [1.165, 1.54) is 17.7 Å². The van der Waals surface area contributed by atoms with E-state index >= 15 is 0 Å². The summed E-state index contributed by atoms with van der Waals surface area (Å²) in [5, 5.41) is 0. The monoisotopic (exact) mass is 462 g/mol. The molecular weight excluding hydrogens is 439 g/mol. The maximum Gasteiger partial charge on any atom is 0.338 e. The highest BCUT2D eigenvalue weighted by Gasteiger charge is 2.30. The Morgan fingerprint density at radius 3 is 1.70 bits per heavy atom. The van der Waals surface area contributed by atoms with E-state index in [0.717, 1.165) is 30.9 Å². The van der Waals surface area contributed by atoms with Gasteiger partial charge in [-0.15, -0.1) is 0 Å². The summed E-state index contributed by atoms with van der Waals surface area (Å²) in [5.41, 5.74) is 1.89. The van der Waals surface area contributed by atoms with Gasteiger partial charge in [0.25, 0.3) is 0 Å². The third kappa shape index (κ3) is 5.24. The number of hydrogen-bond donors (Lipinski definition) is 0. The van der Waals surface area contributed by atoms with Crippen molar-refractivity contribution in [3.05, 3.63) is 94.3 Å². The molecule has 0 saturated carbocycles. The van der Waals surface area contributed by atoms with Crippen LogP contribution >= 0.6 is 0 Å². The number of carbonyl (C=O) groups excluding carboxylic acids is 1. The van der Waals surface area contributed by atoms with Crippen LogP contribution in [0.25, 0.3) is 11.1 Å². The third-order valence-electron chi connectivity index (χ3n) is 5.62. The molecule has 174 valence electrons. The molecule has 2 nitrogen and oxygen atoms in total. The molecule has 0 aromatic heterocycles. The van der Waals surface area contributed by atoms with Crippen LogP contribution in [0.5, 0.6) is 0 Å². The number of halogens is 5. The molecule has 3 aromatic carbocycles. The normalized spacial score (nSPS) is 13.0. The molecule has 33 heavy (non-hydrogen) atoms. The highest BCUT2D eigenvalue weighted by atomic mass is 19.2. The second-order valence-electron chi connectivity index (χ2n) is 8.02. The van der Waals surface area contributed by atoms with E-state index in [-0.39, 0.29) is 5.56 Å². The average molecular weight is 462 g/mol. The maximum absolute atomic E-state index is 14.0. The summed E-state index contributed by atoms with van der Waals surface area (Å²) in [6.07, 6.45) is 0.394. The van der Waals surface area contributed by atoms with Crippen LogP contribution in [0.1, 0.15) is 54.8 Å². The van der Waals surface area contributed by atoms with Crippen LogP contribution in [0.15, 0.2) is 48.5 Å².